The molecular formula is C5H9N3. The molecule has 0 aliphatic carbocycles. The van der Waals surface area contributed by atoms with Crippen LogP contribution in [0.1, 0.15) is 6.92 Å². The Morgan fingerprint density at radius 2 is 2.62 bits per heavy atom. The molecule has 3 heteroatoms. The van der Waals surface area contributed by atoms with E-state index in [1.807, 2.05) is 6.92 Å². The van der Waals surface area contributed by atoms with E-state index in [9.17, 15) is 0 Å². The van der Waals surface area contributed by atoms with E-state index in [0.29, 0.717) is 0 Å². The lowest BCUT2D eigenvalue weighted by atomic mass is 10.7. The summed E-state index contributed by atoms with van der Waals surface area (Å²) >= 11 is 0. The molecule has 1 aliphatic rings. The van der Waals surface area contributed by atoms with Crippen LogP contribution in [0.2, 0.25) is 0 Å². The van der Waals surface area contributed by atoms with Crippen molar-refractivity contribution in [1.82, 2.24) is 5.01 Å². The highest BCUT2D eigenvalue weighted by Crippen LogP contribution is 1.86. The predicted molar refractivity (Wildman–Crippen MR) is 34.2 cm³/mol. The Morgan fingerprint density at radius 1 is 1.75 bits per heavy atom. The highest BCUT2D eigenvalue weighted by molar-refractivity contribution is 5.68. The molecule has 0 radical (unpaired) electrons. The largest absolute Gasteiger partial charge is 0.268 e. The molecule has 0 saturated heterocycles. The molecule has 0 aromatic carbocycles. The highest BCUT2D eigenvalue weighted by atomic mass is 15.5. The molecule has 0 aromatic rings. The maximum Gasteiger partial charge on any atom is 0.106 e. The quantitative estimate of drug-likeness (QED) is 0.479. The summed E-state index contributed by atoms with van der Waals surface area (Å²) in [7, 11) is 0. The van der Waals surface area contributed by atoms with Crippen LogP contribution in [0.4, 0.5) is 0 Å². The average molecular weight is 111 g/mol. The van der Waals surface area contributed by atoms with Gasteiger partial charge in [0.2, 0.25) is 0 Å². The maximum absolute atomic E-state index is 4.01. The van der Waals surface area contributed by atoms with Gasteiger partial charge in [-0.3, -0.25) is 10.0 Å². The van der Waals surface area contributed by atoms with E-state index in [4.69, 9.17) is 0 Å². The Hall–Kier alpha value is -0.860. The second kappa shape index (κ2) is 2.45. The van der Waals surface area contributed by atoms with Crippen molar-refractivity contribution in [3.05, 3.63) is 0 Å². The first kappa shape index (κ1) is 5.28. The van der Waals surface area contributed by atoms with Gasteiger partial charge in [0.15, 0.2) is 0 Å². The summed E-state index contributed by atoms with van der Waals surface area (Å²) in [5.41, 5.74) is 0. The van der Waals surface area contributed by atoms with Gasteiger partial charge in [-0.15, -0.1) is 0 Å². The summed E-state index contributed by atoms with van der Waals surface area (Å²) < 4.78 is 0. The zero-order chi connectivity index (χ0) is 5.82. The summed E-state index contributed by atoms with van der Waals surface area (Å²) in [4.78, 5) is 3.98. The monoisotopic (exact) mass is 111 g/mol. The van der Waals surface area contributed by atoms with Crippen LogP contribution in [0.15, 0.2) is 10.1 Å². The van der Waals surface area contributed by atoms with Gasteiger partial charge in [-0.05, 0) is 6.92 Å². The maximum atomic E-state index is 4.01. The molecule has 0 spiro atoms. The molecule has 0 N–H and O–H groups in total. The van der Waals surface area contributed by atoms with Crippen LogP contribution in [-0.4, -0.2) is 30.7 Å². The van der Waals surface area contributed by atoms with Gasteiger partial charge in [-0.25, -0.2) is 0 Å². The SMILES string of the molecule is CCN1C=NCC=N1. The van der Waals surface area contributed by atoms with E-state index in [-0.39, 0.29) is 0 Å². The molecule has 0 saturated carbocycles. The zero-order valence-corrected chi connectivity index (χ0v) is 4.91. The van der Waals surface area contributed by atoms with Crippen LogP contribution in [0.5, 0.6) is 0 Å². The van der Waals surface area contributed by atoms with Gasteiger partial charge >= 0.3 is 0 Å². The third-order valence-corrected chi connectivity index (χ3v) is 0.956. The topological polar surface area (TPSA) is 28.0 Å². The van der Waals surface area contributed by atoms with Crippen LogP contribution in [-0.2, 0) is 0 Å². The van der Waals surface area contributed by atoms with Crippen LogP contribution >= 0.6 is 0 Å². The van der Waals surface area contributed by atoms with Crippen molar-refractivity contribution in [2.75, 3.05) is 13.1 Å². The first-order chi connectivity index (χ1) is 3.93. The van der Waals surface area contributed by atoms with Crippen molar-refractivity contribution < 1.29 is 0 Å². The predicted octanol–water partition coefficient (Wildman–Crippen LogP) is 0.336. The summed E-state index contributed by atoms with van der Waals surface area (Å²) in [6.07, 6.45) is 3.55. The molecule has 44 valence electrons. The third kappa shape index (κ3) is 1.05. The van der Waals surface area contributed by atoms with Crippen LogP contribution in [0.3, 0.4) is 0 Å². The van der Waals surface area contributed by atoms with Crippen molar-refractivity contribution in [2.24, 2.45) is 10.1 Å². The molecule has 0 atom stereocenters. The first-order valence-electron chi connectivity index (χ1n) is 2.72. The second-order valence-corrected chi connectivity index (χ2v) is 1.53. The minimum Gasteiger partial charge on any atom is -0.268 e. The number of hydrogen-bond acceptors (Lipinski definition) is 3. The van der Waals surface area contributed by atoms with Gasteiger partial charge in [0.1, 0.15) is 6.34 Å². The van der Waals surface area contributed by atoms with Crippen LogP contribution in [0.25, 0.3) is 0 Å². The fourth-order valence-corrected chi connectivity index (χ4v) is 0.523. The lowest BCUT2D eigenvalue weighted by Crippen LogP contribution is -2.18. The van der Waals surface area contributed by atoms with Gasteiger partial charge in [-0.2, -0.15) is 5.10 Å². The van der Waals surface area contributed by atoms with Crippen molar-refractivity contribution >= 4 is 12.6 Å². The summed E-state index contributed by atoms with van der Waals surface area (Å²) in [5, 5.41) is 5.80. The number of hydrazone groups is 1. The number of rotatable bonds is 1. The standard InChI is InChI=1S/C5H9N3/c1-2-8-5-6-3-4-7-8/h4-5H,2-3H2,1H3. The van der Waals surface area contributed by atoms with Gasteiger partial charge in [0, 0.05) is 12.8 Å². The van der Waals surface area contributed by atoms with Crippen molar-refractivity contribution in [1.29, 1.82) is 0 Å². The van der Waals surface area contributed by atoms with Crippen molar-refractivity contribution in [3.8, 4) is 0 Å². The van der Waals surface area contributed by atoms with E-state index < -0.39 is 0 Å². The number of aliphatic imine (C=N–C) groups is 1. The molecule has 1 aliphatic heterocycles. The number of nitrogens with zero attached hydrogens (tertiary/aromatic N) is 3. The van der Waals surface area contributed by atoms with E-state index in [2.05, 4.69) is 10.1 Å². The van der Waals surface area contributed by atoms with Gasteiger partial charge in [0.05, 0.1) is 6.54 Å². The molecule has 8 heavy (non-hydrogen) atoms. The Morgan fingerprint density at radius 3 is 3.00 bits per heavy atom. The van der Waals surface area contributed by atoms with E-state index in [1.165, 1.54) is 0 Å². The van der Waals surface area contributed by atoms with E-state index >= 15 is 0 Å². The molecular weight excluding hydrogens is 102 g/mol. The Kier molecular flexibility index (Phi) is 1.62. The normalized spacial score (nSPS) is 17.4. The fraction of sp³-hybridized carbons (Fsp3) is 0.600. The molecule has 0 aromatic heterocycles. The molecule has 3 nitrogen and oxygen atoms in total. The van der Waals surface area contributed by atoms with Crippen molar-refractivity contribution in [2.45, 2.75) is 6.92 Å². The molecule has 0 bridgehead atoms. The summed E-state index contributed by atoms with van der Waals surface area (Å²) in [6, 6.07) is 0. The smallest absolute Gasteiger partial charge is 0.106 e. The van der Waals surface area contributed by atoms with Gasteiger partial charge < -0.3 is 0 Å². The van der Waals surface area contributed by atoms with Crippen LogP contribution < -0.4 is 0 Å². The van der Waals surface area contributed by atoms with Gasteiger partial charge in [0.25, 0.3) is 0 Å². The molecule has 0 fully saturated rings. The Balaban J connectivity index is 2.42. The molecule has 1 heterocycles. The van der Waals surface area contributed by atoms with Gasteiger partial charge in [-0.1, -0.05) is 0 Å². The fourth-order valence-electron chi connectivity index (χ4n) is 0.523. The van der Waals surface area contributed by atoms with E-state index in [1.54, 1.807) is 17.6 Å². The molecule has 0 amide bonds. The van der Waals surface area contributed by atoms with Crippen LogP contribution in [0, 0.1) is 0 Å². The third-order valence-electron chi connectivity index (χ3n) is 0.956. The Labute approximate surface area is 48.7 Å². The summed E-state index contributed by atoms with van der Waals surface area (Å²) in [6.45, 7) is 3.67. The minimum atomic E-state index is 0.733. The summed E-state index contributed by atoms with van der Waals surface area (Å²) in [5.74, 6) is 0. The van der Waals surface area contributed by atoms with E-state index in [0.717, 1.165) is 13.1 Å². The highest BCUT2D eigenvalue weighted by Gasteiger charge is 1.91. The van der Waals surface area contributed by atoms with Crippen molar-refractivity contribution in [3.63, 3.8) is 0 Å². The molecule has 1 rings (SSSR count). The minimum absolute atomic E-state index is 0.733. The first-order valence-corrected chi connectivity index (χ1v) is 2.72. The second-order valence-electron chi connectivity index (χ2n) is 1.53. The molecule has 0 unspecified atom stereocenters. The lowest BCUT2D eigenvalue weighted by molar-refractivity contribution is 0.480. The Bertz CT molecular complexity index is 105. The zero-order valence-electron chi connectivity index (χ0n) is 4.91. The number of hydrogen-bond donors (Lipinski definition) is 0. The lowest BCUT2D eigenvalue weighted by Gasteiger charge is -2.11. The average Bonchev–Trinajstić information content (AvgIpc) is 1.90.